The van der Waals surface area contributed by atoms with Crippen molar-refractivity contribution in [2.24, 2.45) is 5.73 Å². The van der Waals surface area contributed by atoms with E-state index in [1.807, 2.05) is 0 Å². The Morgan fingerprint density at radius 2 is 2.06 bits per heavy atom. The van der Waals surface area contributed by atoms with E-state index < -0.39 is 0 Å². The SMILES string of the molecule is COc1c(C(C)C)cc(Br)c(C)c1CC1(N)CC1. The third-order valence-corrected chi connectivity index (χ3v) is 4.70. The lowest BCUT2D eigenvalue weighted by molar-refractivity contribution is 0.399. The first kappa shape index (κ1) is 13.9. The molecule has 0 unspecified atom stereocenters. The highest BCUT2D eigenvalue weighted by Gasteiger charge is 2.39. The molecular formula is C15H22BrNO. The maximum atomic E-state index is 6.28. The number of hydrogen-bond donors (Lipinski definition) is 1. The van der Waals surface area contributed by atoms with Crippen molar-refractivity contribution in [3.8, 4) is 5.75 Å². The van der Waals surface area contributed by atoms with E-state index >= 15 is 0 Å². The van der Waals surface area contributed by atoms with Gasteiger partial charge in [0.2, 0.25) is 0 Å². The van der Waals surface area contributed by atoms with E-state index in [0.29, 0.717) is 5.92 Å². The molecule has 1 aliphatic carbocycles. The van der Waals surface area contributed by atoms with E-state index in [-0.39, 0.29) is 5.54 Å². The van der Waals surface area contributed by atoms with Crippen molar-refractivity contribution in [1.82, 2.24) is 0 Å². The molecule has 0 spiro atoms. The molecule has 0 radical (unpaired) electrons. The summed E-state index contributed by atoms with van der Waals surface area (Å²) < 4.78 is 6.83. The van der Waals surface area contributed by atoms with Crippen LogP contribution in [-0.2, 0) is 6.42 Å². The highest BCUT2D eigenvalue weighted by atomic mass is 79.9. The number of hydrogen-bond acceptors (Lipinski definition) is 2. The number of nitrogens with two attached hydrogens (primary N) is 1. The summed E-state index contributed by atoms with van der Waals surface area (Å²) in [5, 5.41) is 0. The summed E-state index contributed by atoms with van der Waals surface area (Å²) in [6.45, 7) is 6.52. The van der Waals surface area contributed by atoms with Crippen LogP contribution in [0.3, 0.4) is 0 Å². The van der Waals surface area contributed by atoms with Gasteiger partial charge in [-0.15, -0.1) is 0 Å². The highest BCUT2D eigenvalue weighted by Crippen LogP contribution is 2.43. The Morgan fingerprint density at radius 3 is 2.50 bits per heavy atom. The molecule has 1 fully saturated rings. The van der Waals surface area contributed by atoms with Gasteiger partial charge in [-0.1, -0.05) is 29.8 Å². The molecule has 3 heteroatoms. The largest absolute Gasteiger partial charge is 0.496 e. The predicted molar refractivity (Wildman–Crippen MR) is 79.4 cm³/mol. The molecule has 0 heterocycles. The Labute approximate surface area is 118 Å². The van der Waals surface area contributed by atoms with Crippen LogP contribution in [-0.4, -0.2) is 12.6 Å². The molecular weight excluding hydrogens is 290 g/mol. The van der Waals surface area contributed by atoms with Crippen LogP contribution in [0.4, 0.5) is 0 Å². The number of halogens is 1. The summed E-state index contributed by atoms with van der Waals surface area (Å²) >= 11 is 3.66. The van der Waals surface area contributed by atoms with E-state index in [9.17, 15) is 0 Å². The van der Waals surface area contributed by atoms with Crippen LogP contribution >= 0.6 is 15.9 Å². The lowest BCUT2D eigenvalue weighted by Crippen LogP contribution is -2.25. The fourth-order valence-electron chi connectivity index (χ4n) is 2.37. The van der Waals surface area contributed by atoms with Crippen molar-refractivity contribution in [1.29, 1.82) is 0 Å². The van der Waals surface area contributed by atoms with Crippen molar-refractivity contribution >= 4 is 15.9 Å². The van der Waals surface area contributed by atoms with E-state index in [1.54, 1.807) is 7.11 Å². The monoisotopic (exact) mass is 311 g/mol. The molecule has 1 aromatic rings. The van der Waals surface area contributed by atoms with Crippen molar-refractivity contribution in [3.63, 3.8) is 0 Å². The number of rotatable bonds is 4. The van der Waals surface area contributed by atoms with E-state index in [0.717, 1.165) is 29.5 Å². The molecule has 0 aromatic heterocycles. The molecule has 2 nitrogen and oxygen atoms in total. The molecule has 100 valence electrons. The van der Waals surface area contributed by atoms with E-state index in [1.165, 1.54) is 16.7 Å². The smallest absolute Gasteiger partial charge is 0.125 e. The normalized spacial score (nSPS) is 17.1. The highest BCUT2D eigenvalue weighted by molar-refractivity contribution is 9.10. The molecule has 1 aliphatic rings. The lowest BCUT2D eigenvalue weighted by Gasteiger charge is -2.21. The van der Waals surface area contributed by atoms with Gasteiger partial charge < -0.3 is 10.5 Å². The molecule has 18 heavy (non-hydrogen) atoms. The minimum atomic E-state index is 0.00703. The molecule has 0 atom stereocenters. The van der Waals surface area contributed by atoms with Gasteiger partial charge in [-0.05, 0) is 49.3 Å². The van der Waals surface area contributed by atoms with Gasteiger partial charge >= 0.3 is 0 Å². The van der Waals surface area contributed by atoms with Crippen molar-refractivity contribution in [2.45, 2.75) is 51.5 Å². The van der Waals surface area contributed by atoms with Gasteiger partial charge in [-0.2, -0.15) is 0 Å². The number of benzene rings is 1. The maximum Gasteiger partial charge on any atom is 0.125 e. The predicted octanol–water partition coefficient (Wildman–Crippen LogP) is 3.92. The minimum absolute atomic E-state index is 0.00703. The van der Waals surface area contributed by atoms with Crippen LogP contribution in [0.5, 0.6) is 5.75 Å². The topological polar surface area (TPSA) is 35.2 Å². The van der Waals surface area contributed by atoms with Gasteiger partial charge in [-0.25, -0.2) is 0 Å². The lowest BCUT2D eigenvalue weighted by atomic mass is 9.92. The Morgan fingerprint density at radius 1 is 1.44 bits per heavy atom. The summed E-state index contributed by atoms with van der Waals surface area (Å²) in [4.78, 5) is 0. The van der Waals surface area contributed by atoms with Crippen LogP contribution < -0.4 is 10.5 Å². The molecule has 1 aromatic carbocycles. The zero-order chi connectivity index (χ0) is 13.5. The fourth-order valence-corrected chi connectivity index (χ4v) is 2.86. The van der Waals surface area contributed by atoms with Crippen LogP contribution in [0.15, 0.2) is 10.5 Å². The quantitative estimate of drug-likeness (QED) is 0.914. The summed E-state index contributed by atoms with van der Waals surface area (Å²) in [5.74, 6) is 1.48. The second-order valence-electron chi connectivity index (χ2n) is 5.78. The third-order valence-electron chi connectivity index (χ3n) is 3.88. The van der Waals surface area contributed by atoms with Gasteiger partial charge in [-0.3, -0.25) is 0 Å². The number of methoxy groups -OCH3 is 1. The summed E-state index contributed by atoms with van der Waals surface area (Å²) in [7, 11) is 1.76. The van der Waals surface area contributed by atoms with Gasteiger partial charge in [0.05, 0.1) is 7.11 Å². The number of ether oxygens (including phenoxy) is 1. The van der Waals surface area contributed by atoms with Gasteiger partial charge in [0.1, 0.15) is 5.75 Å². The van der Waals surface area contributed by atoms with Crippen LogP contribution in [0.1, 0.15) is 49.3 Å². The van der Waals surface area contributed by atoms with Crippen LogP contribution in [0.25, 0.3) is 0 Å². The molecule has 1 saturated carbocycles. The molecule has 0 bridgehead atoms. The van der Waals surface area contributed by atoms with Gasteiger partial charge in [0, 0.05) is 15.6 Å². The van der Waals surface area contributed by atoms with Crippen molar-refractivity contribution in [2.75, 3.05) is 7.11 Å². The Hall–Kier alpha value is -0.540. The molecule has 0 saturated heterocycles. The van der Waals surface area contributed by atoms with Gasteiger partial charge in [0.15, 0.2) is 0 Å². The first-order valence-electron chi connectivity index (χ1n) is 6.52. The molecule has 0 amide bonds. The Kier molecular flexibility index (Phi) is 3.75. The standard InChI is InChI=1S/C15H22BrNO/c1-9(2)11-7-13(16)10(3)12(14(11)18-4)8-15(17)5-6-15/h7,9H,5-6,8,17H2,1-4H3. The fraction of sp³-hybridized carbons (Fsp3) is 0.600. The second kappa shape index (κ2) is 4.86. The van der Waals surface area contributed by atoms with Crippen molar-refractivity contribution < 1.29 is 4.74 Å². The van der Waals surface area contributed by atoms with E-state index in [4.69, 9.17) is 10.5 Å². The van der Waals surface area contributed by atoms with E-state index in [2.05, 4.69) is 42.8 Å². The second-order valence-corrected chi connectivity index (χ2v) is 6.63. The summed E-state index contributed by atoms with van der Waals surface area (Å²) in [6.07, 6.45) is 3.17. The first-order chi connectivity index (χ1) is 8.38. The Balaban J connectivity index is 2.53. The molecule has 0 aliphatic heterocycles. The maximum absolute atomic E-state index is 6.28. The minimum Gasteiger partial charge on any atom is -0.496 e. The average Bonchev–Trinajstić information content (AvgIpc) is 3.02. The van der Waals surface area contributed by atoms with Crippen LogP contribution in [0, 0.1) is 6.92 Å². The van der Waals surface area contributed by atoms with Crippen LogP contribution in [0.2, 0.25) is 0 Å². The average molecular weight is 312 g/mol. The van der Waals surface area contributed by atoms with Crippen molar-refractivity contribution in [3.05, 3.63) is 27.2 Å². The summed E-state index contributed by atoms with van der Waals surface area (Å²) in [6, 6.07) is 2.18. The molecule has 2 rings (SSSR count). The zero-order valence-corrected chi connectivity index (χ0v) is 13.2. The first-order valence-corrected chi connectivity index (χ1v) is 7.32. The third kappa shape index (κ3) is 2.57. The molecule has 2 N–H and O–H groups in total. The zero-order valence-electron chi connectivity index (χ0n) is 11.6. The van der Waals surface area contributed by atoms with Gasteiger partial charge in [0.25, 0.3) is 0 Å². The summed E-state index contributed by atoms with van der Waals surface area (Å²) in [5.41, 5.74) is 10.1. The Bertz CT molecular complexity index is 464.